The predicted octanol–water partition coefficient (Wildman–Crippen LogP) is 4.14. The Kier molecular flexibility index (Phi) is 5.55. The molecule has 0 radical (unpaired) electrons. The summed E-state index contributed by atoms with van der Waals surface area (Å²) in [6.45, 7) is 6.58. The first-order chi connectivity index (χ1) is 10.7. The van der Waals surface area contributed by atoms with Crippen LogP contribution in [-0.2, 0) is 19.9 Å². The SMILES string of the molecule is COC1(c2ccc(Cl)cc2)CCN(OC(=O)OC(C)(C)C)CC1. The van der Waals surface area contributed by atoms with E-state index in [-0.39, 0.29) is 5.60 Å². The van der Waals surface area contributed by atoms with Gasteiger partial charge in [0.25, 0.3) is 0 Å². The van der Waals surface area contributed by atoms with Gasteiger partial charge < -0.3 is 14.3 Å². The van der Waals surface area contributed by atoms with E-state index < -0.39 is 11.8 Å². The average Bonchev–Trinajstić information content (AvgIpc) is 2.47. The summed E-state index contributed by atoms with van der Waals surface area (Å²) in [6.07, 6.45) is 0.760. The molecule has 128 valence electrons. The van der Waals surface area contributed by atoms with E-state index in [0.717, 1.165) is 5.56 Å². The second-order valence-electron chi connectivity index (χ2n) is 6.69. The first-order valence-corrected chi connectivity index (χ1v) is 8.09. The molecule has 0 atom stereocenters. The summed E-state index contributed by atoms with van der Waals surface area (Å²) in [4.78, 5) is 17.0. The van der Waals surface area contributed by atoms with Gasteiger partial charge in [-0.1, -0.05) is 23.7 Å². The molecule has 1 aliphatic heterocycles. The normalized spacial score (nSPS) is 18.5. The minimum atomic E-state index is -0.672. The first kappa shape index (κ1) is 18.0. The topological polar surface area (TPSA) is 48.0 Å². The standard InChI is InChI=1S/C17H24ClNO4/c1-16(2,3)22-15(20)23-19-11-9-17(21-4,10-12-19)13-5-7-14(18)8-6-13/h5-8H,9-12H2,1-4H3. The number of hydrogen-bond acceptors (Lipinski definition) is 5. The fourth-order valence-corrected chi connectivity index (χ4v) is 2.80. The van der Waals surface area contributed by atoms with Gasteiger partial charge >= 0.3 is 6.16 Å². The molecule has 0 bridgehead atoms. The number of carbonyl (C=O) groups is 1. The second-order valence-corrected chi connectivity index (χ2v) is 7.13. The summed E-state index contributed by atoms with van der Waals surface area (Å²) in [5.41, 5.74) is 0.145. The van der Waals surface area contributed by atoms with E-state index in [1.165, 1.54) is 0 Å². The number of rotatable bonds is 3. The molecule has 1 aromatic rings. The summed E-state index contributed by atoms with van der Waals surface area (Å²) in [7, 11) is 1.71. The summed E-state index contributed by atoms with van der Waals surface area (Å²) in [6, 6.07) is 7.69. The molecule has 5 nitrogen and oxygen atoms in total. The van der Waals surface area contributed by atoms with Crippen molar-refractivity contribution in [3.63, 3.8) is 0 Å². The predicted molar refractivity (Wildman–Crippen MR) is 88.3 cm³/mol. The minimum Gasteiger partial charge on any atom is -0.427 e. The van der Waals surface area contributed by atoms with Gasteiger partial charge in [-0.2, -0.15) is 0 Å². The van der Waals surface area contributed by atoms with Crippen molar-refractivity contribution in [3.8, 4) is 0 Å². The van der Waals surface area contributed by atoms with Crippen molar-refractivity contribution in [2.75, 3.05) is 20.2 Å². The lowest BCUT2D eigenvalue weighted by Gasteiger charge is -2.40. The van der Waals surface area contributed by atoms with Crippen LogP contribution in [0, 0.1) is 0 Å². The van der Waals surface area contributed by atoms with Crippen molar-refractivity contribution in [1.29, 1.82) is 0 Å². The third-order valence-electron chi connectivity index (χ3n) is 3.88. The van der Waals surface area contributed by atoms with E-state index >= 15 is 0 Å². The van der Waals surface area contributed by atoms with Crippen LogP contribution in [0.3, 0.4) is 0 Å². The fraction of sp³-hybridized carbons (Fsp3) is 0.588. The molecule has 0 N–H and O–H groups in total. The van der Waals surface area contributed by atoms with E-state index in [1.54, 1.807) is 32.9 Å². The van der Waals surface area contributed by atoms with Gasteiger partial charge in [0, 0.05) is 25.2 Å². The molecule has 1 aromatic carbocycles. The molecule has 6 heteroatoms. The zero-order valence-electron chi connectivity index (χ0n) is 14.1. The highest BCUT2D eigenvalue weighted by Gasteiger charge is 2.37. The molecule has 0 spiro atoms. The molecule has 2 rings (SSSR count). The van der Waals surface area contributed by atoms with Gasteiger partial charge in [-0.3, -0.25) is 0 Å². The molecular formula is C17H24ClNO4. The molecule has 0 unspecified atom stereocenters. The number of nitrogens with zero attached hydrogens (tertiary/aromatic N) is 1. The van der Waals surface area contributed by atoms with E-state index in [2.05, 4.69) is 0 Å². The molecular weight excluding hydrogens is 318 g/mol. The summed E-state index contributed by atoms with van der Waals surface area (Å²) < 4.78 is 11.0. The number of hydroxylamine groups is 2. The van der Waals surface area contributed by atoms with Crippen LogP contribution >= 0.6 is 11.6 Å². The van der Waals surface area contributed by atoms with Crippen molar-refractivity contribution in [2.45, 2.75) is 44.8 Å². The molecule has 1 aliphatic rings. The Balaban J connectivity index is 1.96. The summed E-state index contributed by atoms with van der Waals surface area (Å²) in [5, 5.41) is 2.33. The van der Waals surface area contributed by atoms with Gasteiger partial charge in [0.15, 0.2) is 0 Å². The average molecular weight is 342 g/mol. The van der Waals surface area contributed by atoms with Crippen molar-refractivity contribution < 1.29 is 19.1 Å². The highest BCUT2D eigenvalue weighted by atomic mass is 35.5. The molecule has 1 heterocycles. The van der Waals surface area contributed by atoms with E-state index in [1.807, 2.05) is 24.3 Å². The lowest BCUT2D eigenvalue weighted by atomic mass is 9.85. The number of hydrogen-bond donors (Lipinski definition) is 0. The number of ether oxygens (including phenoxy) is 2. The quantitative estimate of drug-likeness (QED) is 0.773. The van der Waals surface area contributed by atoms with Crippen LogP contribution in [0.25, 0.3) is 0 Å². The molecule has 23 heavy (non-hydrogen) atoms. The summed E-state index contributed by atoms with van der Waals surface area (Å²) >= 11 is 5.95. The van der Waals surface area contributed by atoms with Crippen molar-refractivity contribution >= 4 is 17.8 Å². The minimum absolute atomic E-state index is 0.377. The molecule has 0 amide bonds. The maximum Gasteiger partial charge on any atom is 0.528 e. The second kappa shape index (κ2) is 7.07. The molecule has 0 saturated carbocycles. The Labute approximate surface area is 142 Å². The number of benzene rings is 1. The van der Waals surface area contributed by atoms with Gasteiger partial charge in [-0.15, -0.1) is 5.06 Å². The highest BCUT2D eigenvalue weighted by Crippen LogP contribution is 2.36. The maximum atomic E-state index is 11.7. The smallest absolute Gasteiger partial charge is 0.427 e. The van der Waals surface area contributed by atoms with E-state index in [9.17, 15) is 4.79 Å². The lowest BCUT2D eigenvalue weighted by molar-refractivity contribution is -0.182. The molecule has 1 fully saturated rings. The number of halogens is 1. The van der Waals surface area contributed by atoms with Gasteiger partial charge in [0.1, 0.15) is 5.60 Å². The first-order valence-electron chi connectivity index (χ1n) is 7.71. The Morgan fingerprint density at radius 3 is 2.22 bits per heavy atom. The van der Waals surface area contributed by atoms with Crippen LogP contribution in [0.15, 0.2) is 24.3 Å². The van der Waals surface area contributed by atoms with E-state index in [0.29, 0.717) is 31.0 Å². The number of methoxy groups -OCH3 is 1. The molecule has 0 aliphatic carbocycles. The van der Waals surface area contributed by atoms with E-state index in [4.69, 9.17) is 25.9 Å². The van der Waals surface area contributed by atoms with Crippen molar-refractivity contribution in [3.05, 3.63) is 34.9 Å². The molecule has 1 saturated heterocycles. The molecule has 0 aromatic heterocycles. The van der Waals surface area contributed by atoms with Crippen LogP contribution in [0.4, 0.5) is 4.79 Å². The zero-order chi connectivity index (χ0) is 17.1. The number of piperidine rings is 1. The maximum absolute atomic E-state index is 11.7. The van der Waals surface area contributed by atoms with Gasteiger partial charge in [-0.05, 0) is 51.3 Å². The zero-order valence-corrected chi connectivity index (χ0v) is 14.9. The third-order valence-corrected chi connectivity index (χ3v) is 4.14. The Morgan fingerprint density at radius 1 is 1.17 bits per heavy atom. The Bertz CT molecular complexity index is 531. The summed E-state index contributed by atoms with van der Waals surface area (Å²) in [5.74, 6) is 0. The Morgan fingerprint density at radius 2 is 1.74 bits per heavy atom. The van der Waals surface area contributed by atoms with Crippen LogP contribution in [0.2, 0.25) is 5.02 Å². The van der Waals surface area contributed by atoms with Crippen molar-refractivity contribution in [2.24, 2.45) is 0 Å². The van der Waals surface area contributed by atoms with Crippen LogP contribution in [-0.4, -0.2) is 37.0 Å². The van der Waals surface area contributed by atoms with Gasteiger partial charge in [0.2, 0.25) is 0 Å². The third kappa shape index (κ3) is 4.83. The van der Waals surface area contributed by atoms with Crippen LogP contribution in [0.5, 0.6) is 0 Å². The monoisotopic (exact) mass is 341 g/mol. The largest absolute Gasteiger partial charge is 0.528 e. The van der Waals surface area contributed by atoms with Gasteiger partial charge in [0.05, 0.1) is 5.60 Å². The highest BCUT2D eigenvalue weighted by molar-refractivity contribution is 6.30. The lowest BCUT2D eigenvalue weighted by Crippen LogP contribution is -2.45. The van der Waals surface area contributed by atoms with Gasteiger partial charge in [-0.25, -0.2) is 4.79 Å². The van der Waals surface area contributed by atoms with Crippen LogP contribution in [0.1, 0.15) is 39.2 Å². The van der Waals surface area contributed by atoms with Crippen molar-refractivity contribution in [1.82, 2.24) is 5.06 Å². The number of carbonyl (C=O) groups excluding carboxylic acids is 1. The van der Waals surface area contributed by atoms with Crippen LogP contribution < -0.4 is 0 Å². The Hall–Kier alpha value is -1.30. The fourth-order valence-electron chi connectivity index (χ4n) is 2.68.